The number of aliphatic hydroxyl groups excluding tert-OH is 4. The summed E-state index contributed by atoms with van der Waals surface area (Å²) in [5, 5.41) is 40.9. The van der Waals surface area contributed by atoms with Crippen LogP contribution in [0.3, 0.4) is 0 Å². The third-order valence-corrected chi connectivity index (χ3v) is 2.90. The number of ether oxygens (including phenoxy) is 1. The van der Waals surface area contributed by atoms with E-state index in [1.54, 1.807) is 24.4 Å². The van der Waals surface area contributed by atoms with E-state index in [0.29, 0.717) is 5.82 Å². The molecule has 5 atom stereocenters. The van der Waals surface area contributed by atoms with Crippen LogP contribution in [0.1, 0.15) is 0 Å². The Labute approximate surface area is 104 Å². The molecule has 2 rings (SSSR count). The van der Waals surface area contributed by atoms with Crippen molar-refractivity contribution in [2.24, 2.45) is 0 Å². The van der Waals surface area contributed by atoms with Crippen LogP contribution < -0.4 is 10.3 Å². The van der Waals surface area contributed by atoms with Crippen LogP contribution in [0.25, 0.3) is 0 Å². The van der Waals surface area contributed by atoms with E-state index in [4.69, 9.17) is 9.84 Å². The highest BCUT2D eigenvalue weighted by Crippen LogP contribution is 2.21. The summed E-state index contributed by atoms with van der Waals surface area (Å²) in [6.07, 6.45) is -4.16. The Morgan fingerprint density at radius 1 is 1.17 bits per heavy atom. The van der Waals surface area contributed by atoms with Crippen molar-refractivity contribution < 1.29 is 30.1 Å². The van der Waals surface area contributed by atoms with Crippen molar-refractivity contribution in [3.8, 4) is 0 Å². The number of aromatic nitrogens is 1. The lowest BCUT2D eigenvalue weighted by atomic mass is 9.98. The van der Waals surface area contributed by atoms with E-state index in [-0.39, 0.29) is 0 Å². The largest absolute Gasteiger partial charge is 0.394 e. The van der Waals surface area contributed by atoms with Gasteiger partial charge in [-0.1, -0.05) is 6.07 Å². The number of pyridine rings is 1. The summed E-state index contributed by atoms with van der Waals surface area (Å²) in [5.41, 5.74) is 0. The molecule has 6 N–H and O–H groups in total. The average Bonchev–Trinajstić information content (AvgIpc) is 2.40. The maximum atomic E-state index is 9.79. The van der Waals surface area contributed by atoms with Crippen LogP contribution in [-0.4, -0.2) is 57.7 Å². The first-order valence-corrected chi connectivity index (χ1v) is 5.67. The van der Waals surface area contributed by atoms with Crippen LogP contribution in [0.15, 0.2) is 24.4 Å². The smallest absolute Gasteiger partial charge is 0.274 e. The van der Waals surface area contributed by atoms with E-state index in [0.717, 1.165) is 0 Å². The van der Waals surface area contributed by atoms with Crippen molar-refractivity contribution in [2.75, 3.05) is 11.9 Å². The minimum absolute atomic E-state index is 0.443. The van der Waals surface area contributed by atoms with Gasteiger partial charge < -0.3 is 25.2 Å². The van der Waals surface area contributed by atoms with Gasteiger partial charge in [-0.25, -0.2) is 10.3 Å². The molecule has 1 fully saturated rings. The maximum absolute atomic E-state index is 9.79. The first-order chi connectivity index (χ1) is 8.63. The number of nitrogens with one attached hydrogen (secondary N) is 2. The number of aromatic amines is 1. The normalized spacial score (nSPS) is 36.3. The molecule has 0 aliphatic carbocycles. The topological polar surface area (TPSA) is 116 Å². The van der Waals surface area contributed by atoms with Gasteiger partial charge in [-0.2, -0.15) is 0 Å². The predicted molar refractivity (Wildman–Crippen MR) is 60.4 cm³/mol. The van der Waals surface area contributed by atoms with Gasteiger partial charge >= 0.3 is 0 Å². The lowest BCUT2D eigenvalue weighted by Gasteiger charge is -2.37. The summed E-state index contributed by atoms with van der Waals surface area (Å²) >= 11 is 0. The fourth-order valence-electron chi connectivity index (χ4n) is 1.86. The van der Waals surface area contributed by atoms with Gasteiger partial charge in [-0.15, -0.1) is 0 Å². The summed E-state index contributed by atoms with van der Waals surface area (Å²) < 4.78 is 5.29. The van der Waals surface area contributed by atoms with Crippen molar-refractivity contribution in [3.63, 3.8) is 0 Å². The lowest BCUT2D eigenvalue weighted by Crippen LogP contribution is -2.60. The molecule has 1 saturated heterocycles. The zero-order chi connectivity index (χ0) is 13.1. The Bertz CT molecular complexity index is 375. The molecule has 1 aliphatic heterocycles. The van der Waals surface area contributed by atoms with Gasteiger partial charge in [0.1, 0.15) is 24.4 Å². The molecule has 0 bridgehead atoms. The van der Waals surface area contributed by atoms with Gasteiger partial charge in [0.15, 0.2) is 0 Å². The van der Waals surface area contributed by atoms with E-state index in [9.17, 15) is 15.3 Å². The molecule has 0 aromatic carbocycles. The van der Waals surface area contributed by atoms with E-state index in [1.165, 1.54) is 0 Å². The molecular formula is C11H17N2O5+. The highest BCUT2D eigenvalue weighted by molar-refractivity contribution is 5.28. The summed E-state index contributed by atoms with van der Waals surface area (Å²) in [5.74, 6) is 0.585. The van der Waals surface area contributed by atoms with Crippen LogP contribution in [-0.2, 0) is 4.74 Å². The lowest BCUT2D eigenvalue weighted by molar-refractivity contribution is -0.363. The van der Waals surface area contributed by atoms with Gasteiger partial charge in [0.05, 0.1) is 12.8 Å². The van der Waals surface area contributed by atoms with Crippen LogP contribution in [0.2, 0.25) is 0 Å². The Balaban J connectivity index is 2.08. The van der Waals surface area contributed by atoms with E-state index in [2.05, 4.69) is 10.3 Å². The van der Waals surface area contributed by atoms with E-state index >= 15 is 0 Å². The maximum Gasteiger partial charge on any atom is 0.274 e. The predicted octanol–water partition coefficient (Wildman–Crippen LogP) is -2.29. The molecule has 0 unspecified atom stereocenters. The summed E-state index contributed by atoms with van der Waals surface area (Å²) in [7, 11) is 0. The molecule has 0 saturated carbocycles. The zero-order valence-electron chi connectivity index (χ0n) is 9.60. The Morgan fingerprint density at radius 3 is 2.56 bits per heavy atom. The first-order valence-electron chi connectivity index (χ1n) is 5.67. The highest BCUT2D eigenvalue weighted by Gasteiger charge is 2.45. The van der Waals surface area contributed by atoms with Gasteiger partial charge in [0.25, 0.3) is 5.82 Å². The first kappa shape index (κ1) is 13.2. The van der Waals surface area contributed by atoms with Crippen LogP contribution in [0.5, 0.6) is 0 Å². The van der Waals surface area contributed by atoms with Crippen molar-refractivity contribution in [1.82, 2.24) is 0 Å². The van der Waals surface area contributed by atoms with Gasteiger partial charge in [0, 0.05) is 6.07 Å². The molecule has 18 heavy (non-hydrogen) atoms. The molecule has 0 radical (unpaired) electrons. The van der Waals surface area contributed by atoms with E-state index < -0.39 is 37.3 Å². The standard InChI is InChI=1S/C11H16N2O5/c14-5-6-8(15)9(16)10(17)11(18-6)13-7-3-1-2-4-12-7/h1-4,6,8-11,14-17H,5H2,(H,12,13)/p+1/t6-,8+,9+,10-,11-/m0/s1. The third kappa shape index (κ3) is 2.60. The molecule has 2 heterocycles. The molecule has 100 valence electrons. The molecule has 0 spiro atoms. The van der Waals surface area contributed by atoms with Gasteiger partial charge in [0.2, 0.25) is 6.23 Å². The Morgan fingerprint density at radius 2 is 1.94 bits per heavy atom. The molecule has 7 heteroatoms. The second kappa shape index (κ2) is 5.59. The number of rotatable bonds is 3. The average molecular weight is 257 g/mol. The summed E-state index contributed by atoms with van der Waals surface area (Å²) in [6.45, 7) is -0.443. The van der Waals surface area contributed by atoms with Crippen molar-refractivity contribution in [3.05, 3.63) is 24.4 Å². The molecule has 1 aromatic rings. The summed E-state index contributed by atoms with van der Waals surface area (Å²) in [6, 6.07) is 5.29. The van der Waals surface area contributed by atoms with Crippen LogP contribution in [0, 0.1) is 0 Å². The fraction of sp³-hybridized carbons (Fsp3) is 0.545. The highest BCUT2D eigenvalue weighted by atomic mass is 16.6. The quantitative estimate of drug-likeness (QED) is 0.416. The minimum Gasteiger partial charge on any atom is -0.394 e. The SMILES string of the molecule is OC[C@@H]1O[C@H](Nc2cccc[nH+]2)[C@@H](O)[C@H](O)[C@@H]1O. The number of hydrogen-bond acceptors (Lipinski definition) is 6. The van der Waals surface area contributed by atoms with Crippen LogP contribution >= 0.6 is 0 Å². The fourth-order valence-corrected chi connectivity index (χ4v) is 1.86. The van der Waals surface area contributed by atoms with Crippen molar-refractivity contribution in [2.45, 2.75) is 30.6 Å². The van der Waals surface area contributed by atoms with Crippen molar-refractivity contribution in [1.29, 1.82) is 0 Å². The molecule has 0 amide bonds. The number of anilines is 1. The van der Waals surface area contributed by atoms with E-state index in [1.807, 2.05) is 0 Å². The zero-order valence-corrected chi connectivity index (χ0v) is 9.60. The summed E-state index contributed by atoms with van der Waals surface area (Å²) in [4.78, 5) is 2.89. The molecule has 1 aliphatic rings. The number of hydrogen-bond donors (Lipinski definition) is 5. The monoisotopic (exact) mass is 257 g/mol. The van der Waals surface area contributed by atoms with Gasteiger partial charge in [-0.05, 0) is 6.07 Å². The Kier molecular flexibility index (Phi) is 4.10. The van der Waals surface area contributed by atoms with Gasteiger partial charge in [-0.3, -0.25) is 0 Å². The molecular weight excluding hydrogens is 240 g/mol. The Hall–Kier alpha value is -1.25. The second-order valence-electron chi connectivity index (χ2n) is 4.17. The molecule has 7 nitrogen and oxygen atoms in total. The third-order valence-electron chi connectivity index (χ3n) is 2.90. The van der Waals surface area contributed by atoms with Crippen molar-refractivity contribution >= 4 is 5.82 Å². The minimum atomic E-state index is -1.38. The van der Waals surface area contributed by atoms with Crippen LogP contribution in [0.4, 0.5) is 5.82 Å². The molecule has 1 aromatic heterocycles. The number of H-pyrrole nitrogens is 1. The number of aliphatic hydroxyl groups is 4. The second-order valence-corrected chi connectivity index (χ2v) is 4.17.